The minimum absolute atomic E-state index is 0.0221. The molecule has 2 aromatic rings. The van der Waals surface area contributed by atoms with Crippen LogP contribution < -0.4 is 10.9 Å². The molecule has 0 unspecified atom stereocenters. The van der Waals surface area contributed by atoms with Gasteiger partial charge in [0, 0.05) is 12.7 Å². The first-order chi connectivity index (χ1) is 9.47. The van der Waals surface area contributed by atoms with Crippen LogP contribution in [0.2, 0.25) is 0 Å². The van der Waals surface area contributed by atoms with Crippen molar-refractivity contribution in [2.75, 3.05) is 5.32 Å². The van der Waals surface area contributed by atoms with Crippen LogP contribution in [0, 0.1) is 12.8 Å². The molecule has 1 N–H and O–H groups in total. The van der Waals surface area contributed by atoms with Gasteiger partial charge in [-0.2, -0.15) is 4.98 Å². The number of hydrogen-bond acceptors (Lipinski definition) is 5. The number of carbonyl (C=O) groups is 1. The summed E-state index contributed by atoms with van der Waals surface area (Å²) in [6.07, 6.45) is 1.66. The smallest absolute Gasteiger partial charge is 0.315 e. The van der Waals surface area contributed by atoms with E-state index in [0.717, 1.165) is 0 Å². The summed E-state index contributed by atoms with van der Waals surface area (Å²) >= 11 is 0. The van der Waals surface area contributed by atoms with Gasteiger partial charge in [-0.3, -0.25) is 14.9 Å². The van der Waals surface area contributed by atoms with E-state index in [2.05, 4.69) is 15.5 Å². The zero-order valence-electron chi connectivity index (χ0n) is 11.6. The molecule has 2 aromatic heterocycles. The summed E-state index contributed by atoms with van der Waals surface area (Å²) in [4.78, 5) is 28.1. The summed E-state index contributed by atoms with van der Waals surface area (Å²) in [7, 11) is 0. The molecule has 0 saturated carbocycles. The van der Waals surface area contributed by atoms with Gasteiger partial charge in [-0.1, -0.05) is 19.0 Å². The fraction of sp³-hybridized carbons (Fsp3) is 0.385. The van der Waals surface area contributed by atoms with Gasteiger partial charge in [0.1, 0.15) is 5.56 Å². The molecule has 0 fully saturated rings. The van der Waals surface area contributed by atoms with E-state index in [4.69, 9.17) is 4.52 Å². The number of aryl methyl sites for hydroxylation is 1. The number of amides is 1. The van der Waals surface area contributed by atoms with E-state index in [-0.39, 0.29) is 17.1 Å². The van der Waals surface area contributed by atoms with Crippen molar-refractivity contribution in [2.45, 2.75) is 27.3 Å². The van der Waals surface area contributed by atoms with Crippen molar-refractivity contribution in [3.05, 3.63) is 40.1 Å². The zero-order valence-corrected chi connectivity index (χ0v) is 11.6. The van der Waals surface area contributed by atoms with E-state index < -0.39 is 5.91 Å². The summed E-state index contributed by atoms with van der Waals surface area (Å²) in [5.74, 6) is 0.159. The highest BCUT2D eigenvalue weighted by Crippen LogP contribution is 2.05. The highest BCUT2D eigenvalue weighted by atomic mass is 16.5. The van der Waals surface area contributed by atoms with E-state index in [0.29, 0.717) is 18.3 Å². The van der Waals surface area contributed by atoms with Gasteiger partial charge < -0.3 is 9.09 Å². The van der Waals surface area contributed by atoms with Gasteiger partial charge in [0.05, 0.1) is 0 Å². The standard InChI is InChI=1S/C13H16N4O3/c1-8(2)7-17-6-4-5-10(12(17)19)11(18)15-13-14-9(3)16-20-13/h4-6,8H,7H2,1-3H3,(H,14,15,16,18). The van der Waals surface area contributed by atoms with Gasteiger partial charge in [-0.05, 0) is 25.0 Å². The lowest BCUT2D eigenvalue weighted by molar-refractivity contribution is 0.102. The number of aromatic nitrogens is 3. The topological polar surface area (TPSA) is 90.0 Å². The molecule has 0 radical (unpaired) electrons. The molecule has 2 rings (SSSR count). The average Bonchev–Trinajstić information content (AvgIpc) is 2.76. The van der Waals surface area contributed by atoms with Crippen LogP contribution in [0.15, 0.2) is 27.6 Å². The number of pyridine rings is 1. The Morgan fingerprint density at radius 1 is 1.50 bits per heavy atom. The third-order valence-corrected chi connectivity index (χ3v) is 2.57. The minimum atomic E-state index is -0.559. The maximum atomic E-state index is 12.2. The van der Waals surface area contributed by atoms with Gasteiger partial charge in [-0.25, -0.2) is 0 Å². The van der Waals surface area contributed by atoms with Gasteiger partial charge >= 0.3 is 6.01 Å². The van der Waals surface area contributed by atoms with Gasteiger partial charge in [0.2, 0.25) is 0 Å². The van der Waals surface area contributed by atoms with Gasteiger partial charge in [0.15, 0.2) is 5.82 Å². The number of carbonyl (C=O) groups excluding carboxylic acids is 1. The van der Waals surface area contributed by atoms with Crippen molar-refractivity contribution in [1.29, 1.82) is 0 Å². The van der Waals surface area contributed by atoms with E-state index in [1.54, 1.807) is 19.2 Å². The molecule has 1 amide bonds. The van der Waals surface area contributed by atoms with E-state index in [1.165, 1.54) is 10.6 Å². The molecule has 106 valence electrons. The third-order valence-electron chi connectivity index (χ3n) is 2.57. The Labute approximate surface area is 115 Å². The average molecular weight is 276 g/mol. The van der Waals surface area contributed by atoms with Crippen LogP contribution in [0.3, 0.4) is 0 Å². The van der Waals surface area contributed by atoms with Crippen LogP contribution in [0.4, 0.5) is 6.01 Å². The molecule has 0 aliphatic heterocycles. The Kier molecular flexibility index (Phi) is 3.97. The first-order valence-corrected chi connectivity index (χ1v) is 6.28. The molecule has 0 atom stereocenters. The Morgan fingerprint density at radius 3 is 2.85 bits per heavy atom. The molecule has 0 spiro atoms. The van der Waals surface area contributed by atoms with E-state index in [1.807, 2.05) is 13.8 Å². The first kappa shape index (κ1) is 14.0. The normalized spacial score (nSPS) is 10.8. The Hall–Kier alpha value is -2.44. The minimum Gasteiger partial charge on any atom is -0.315 e. The van der Waals surface area contributed by atoms with Crippen molar-refractivity contribution in [3.8, 4) is 0 Å². The predicted molar refractivity (Wildman–Crippen MR) is 72.5 cm³/mol. The van der Waals surface area contributed by atoms with Crippen LogP contribution >= 0.6 is 0 Å². The Balaban J connectivity index is 2.24. The molecule has 0 saturated heterocycles. The number of rotatable bonds is 4. The largest absolute Gasteiger partial charge is 0.328 e. The molecule has 7 heteroatoms. The highest BCUT2D eigenvalue weighted by Gasteiger charge is 2.15. The summed E-state index contributed by atoms with van der Waals surface area (Å²) in [6, 6.07) is 3.11. The molecular formula is C13H16N4O3. The van der Waals surface area contributed by atoms with Crippen molar-refractivity contribution in [2.24, 2.45) is 5.92 Å². The lowest BCUT2D eigenvalue weighted by atomic mass is 10.2. The maximum Gasteiger partial charge on any atom is 0.328 e. The van der Waals surface area contributed by atoms with E-state index >= 15 is 0 Å². The molecule has 0 aliphatic rings. The fourth-order valence-electron chi connectivity index (χ4n) is 1.76. The Morgan fingerprint density at radius 2 is 2.25 bits per heavy atom. The van der Waals surface area contributed by atoms with Crippen molar-refractivity contribution >= 4 is 11.9 Å². The molecule has 0 bridgehead atoms. The molecular weight excluding hydrogens is 260 g/mol. The van der Waals surface area contributed by atoms with Crippen molar-refractivity contribution in [1.82, 2.24) is 14.7 Å². The summed E-state index contributed by atoms with van der Waals surface area (Å²) in [5, 5.41) is 5.97. The second-order valence-electron chi connectivity index (χ2n) is 4.87. The molecule has 20 heavy (non-hydrogen) atoms. The quantitative estimate of drug-likeness (QED) is 0.912. The number of hydrogen-bond donors (Lipinski definition) is 1. The zero-order chi connectivity index (χ0) is 14.7. The predicted octanol–water partition coefficient (Wildman–Crippen LogP) is 1.45. The number of nitrogens with zero attached hydrogens (tertiary/aromatic N) is 3. The second-order valence-corrected chi connectivity index (χ2v) is 4.87. The summed E-state index contributed by atoms with van der Waals surface area (Å²) in [5.41, 5.74) is -0.293. The number of nitrogens with one attached hydrogen (secondary N) is 1. The SMILES string of the molecule is Cc1noc(NC(=O)c2cccn(CC(C)C)c2=O)n1. The second kappa shape index (κ2) is 5.68. The van der Waals surface area contributed by atoms with Crippen LogP contribution in [0.25, 0.3) is 0 Å². The molecule has 0 aliphatic carbocycles. The van der Waals surface area contributed by atoms with Crippen LogP contribution in [-0.2, 0) is 6.54 Å². The monoisotopic (exact) mass is 276 g/mol. The molecule has 7 nitrogen and oxygen atoms in total. The van der Waals surface area contributed by atoms with Gasteiger partial charge in [-0.15, -0.1) is 0 Å². The van der Waals surface area contributed by atoms with E-state index in [9.17, 15) is 9.59 Å². The first-order valence-electron chi connectivity index (χ1n) is 6.28. The third kappa shape index (κ3) is 3.11. The lowest BCUT2D eigenvalue weighted by Gasteiger charge is -2.09. The molecule has 0 aromatic carbocycles. The van der Waals surface area contributed by atoms with Crippen molar-refractivity contribution in [3.63, 3.8) is 0 Å². The lowest BCUT2D eigenvalue weighted by Crippen LogP contribution is -2.29. The summed E-state index contributed by atoms with van der Waals surface area (Å²) in [6.45, 7) is 6.19. The van der Waals surface area contributed by atoms with Crippen LogP contribution in [-0.4, -0.2) is 20.6 Å². The van der Waals surface area contributed by atoms with Gasteiger partial charge in [0.25, 0.3) is 11.5 Å². The Bertz CT molecular complexity index is 672. The molecule has 2 heterocycles. The van der Waals surface area contributed by atoms with Crippen molar-refractivity contribution < 1.29 is 9.32 Å². The number of anilines is 1. The fourth-order valence-corrected chi connectivity index (χ4v) is 1.76. The summed E-state index contributed by atoms with van der Waals surface area (Å²) < 4.78 is 6.30. The van der Waals surface area contributed by atoms with Crippen LogP contribution in [0.5, 0.6) is 0 Å². The maximum absolute atomic E-state index is 12.2. The van der Waals surface area contributed by atoms with Crippen LogP contribution in [0.1, 0.15) is 30.0 Å². The highest BCUT2D eigenvalue weighted by molar-refractivity contribution is 6.02.